The zero-order valence-corrected chi connectivity index (χ0v) is 16.5. The lowest BCUT2D eigenvalue weighted by Crippen LogP contribution is -2.41. The van der Waals surface area contributed by atoms with Gasteiger partial charge < -0.3 is 9.47 Å². The van der Waals surface area contributed by atoms with Crippen molar-refractivity contribution in [3.63, 3.8) is 0 Å². The molecule has 142 valence electrons. The van der Waals surface area contributed by atoms with E-state index in [0.29, 0.717) is 32.0 Å². The van der Waals surface area contributed by atoms with Crippen LogP contribution >= 0.6 is 0 Å². The fraction of sp³-hybridized carbons (Fsp3) is 0.900. The summed E-state index contributed by atoms with van der Waals surface area (Å²) >= 11 is 0. The fourth-order valence-electron chi connectivity index (χ4n) is 2.62. The summed E-state index contributed by atoms with van der Waals surface area (Å²) in [6, 6.07) is 0. The van der Waals surface area contributed by atoms with Crippen molar-refractivity contribution in [2.45, 2.75) is 92.4 Å². The lowest BCUT2D eigenvalue weighted by Gasteiger charge is -2.27. The van der Waals surface area contributed by atoms with Crippen LogP contribution in [0.25, 0.3) is 0 Å². The molecule has 24 heavy (non-hydrogen) atoms. The van der Waals surface area contributed by atoms with Gasteiger partial charge in [-0.05, 0) is 31.6 Å². The summed E-state index contributed by atoms with van der Waals surface area (Å²) in [7, 11) is 0. The molecule has 0 rings (SSSR count). The molecule has 0 saturated carbocycles. The van der Waals surface area contributed by atoms with Gasteiger partial charge in [0.15, 0.2) is 5.41 Å². The SMILES string of the molecule is CCCCCCCCOC(=O)C(CC)(CC)C(=O)OCCC(C)C. The van der Waals surface area contributed by atoms with E-state index in [4.69, 9.17) is 9.47 Å². The predicted octanol–water partition coefficient (Wildman–Crippen LogP) is 5.29. The summed E-state index contributed by atoms with van der Waals surface area (Å²) in [5.41, 5.74) is -1.14. The molecule has 0 aliphatic rings. The Morgan fingerprint density at radius 3 is 1.79 bits per heavy atom. The molecule has 4 nitrogen and oxygen atoms in total. The molecule has 0 aromatic heterocycles. The van der Waals surface area contributed by atoms with Crippen LogP contribution in [0.3, 0.4) is 0 Å². The van der Waals surface area contributed by atoms with Gasteiger partial charge in [0.25, 0.3) is 0 Å². The van der Waals surface area contributed by atoms with Crippen molar-refractivity contribution in [3.8, 4) is 0 Å². The van der Waals surface area contributed by atoms with Crippen LogP contribution in [0.4, 0.5) is 0 Å². The molecular weight excluding hydrogens is 304 g/mol. The Morgan fingerprint density at radius 1 is 0.792 bits per heavy atom. The van der Waals surface area contributed by atoms with Gasteiger partial charge in [-0.2, -0.15) is 0 Å². The van der Waals surface area contributed by atoms with Gasteiger partial charge in [-0.1, -0.05) is 66.7 Å². The van der Waals surface area contributed by atoms with Crippen molar-refractivity contribution >= 4 is 11.9 Å². The van der Waals surface area contributed by atoms with Gasteiger partial charge in [0.05, 0.1) is 13.2 Å². The van der Waals surface area contributed by atoms with Crippen molar-refractivity contribution in [1.82, 2.24) is 0 Å². The van der Waals surface area contributed by atoms with E-state index in [0.717, 1.165) is 19.3 Å². The minimum atomic E-state index is -1.14. The average Bonchev–Trinajstić information content (AvgIpc) is 2.55. The zero-order valence-electron chi connectivity index (χ0n) is 16.5. The van der Waals surface area contributed by atoms with Gasteiger partial charge in [-0.3, -0.25) is 9.59 Å². The summed E-state index contributed by atoms with van der Waals surface area (Å²) < 4.78 is 10.8. The highest BCUT2D eigenvalue weighted by Crippen LogP contribution is 2.30. The normalized spacial score (nSPS) is 11.6. The second kappa shape index (κ2) is 13.3. The molecule has 0 aromatic rings. The van der Waals surface area contributed by atoms with Crippen molar-refractivity contribution in [2.75, 3.05) is 13.2 Å². The molecule has 0 aliphatic heterocycles. The number of rotatable bonds is 14. The Hall–Kier alpha value is -1.06. The Morgan fingerprint density at radius 2 is 1.29 bits per heavy atom. The van der Waals surface area contributed by atoms with Crippen LogP contribution in [-0.4, -0.2) is 25.2 Å². The molecule has 0 atom stereocenters. The van der Waals surface area contributed by atoms with Crippen molar-refractivity contribution in [2.24, 2.45) is 11.3 Å². The number of unbranched alkanes of at least 4 members (excludes halogenated alkanes) is 5. The molecule has 0 aliphatic carbocycles. The molecule has 0 bridgehead atoms. The molecule has 0 N–H and O–H groups in total. The number of esters is 2. The highest BCUT2D eigenvalue weighted by Gasteiger charge is 2.45. The van der Waals surface area contributed by atoms with Crippen LogP contribution in [0.1, 0.15) is 92.4 Å². The second-order valence-corrected chi connectivity index (χ2v) is 7.01. The highest BCUT2D eigenvalue weighted by molar-refractivity contribution is 5.99. The summed E-state index contributed by atoms with van der Waals surface area (Å²) in [6.07, 6.45) is 8.47. The maximum absolute atomic E-state index is 12.5. The van der Waals surface area contributed by atoms with Crippen molar-refractivity contribution in [1.29, 1.82) is 0 Å². The largest absolute Gasteiger partial charge is 0.465 e. The van der Waals surface area contributed by atoms with Gasteiger partial charge in [-0.15, -0.1) is 0 Å². The second-order valence-electron chi connectivity index (χ2n) is 7.01. The van der Waals surface area contributed by atoms with Gasteiger partial charge >= 0.3 is 11.9 Å². The third-order valence-corrected chi connectivity index (χ3v) is 4.65. The van der Waals surface area contributed by atoms with E-state index in [2.05, 4.69) is 20.8 Å². The molecule has 0 unspecified atom stereocenters. The van der Waals surface area contributed by atoms with E-state index in [1.165, 1.54) is 25.7 Å². The number of hydrogen-bond donors (Lipinski definition) is 0. The third kappa shape index (κ3) is 8.16. The van der Waals surface area contributed by atoms with Crippen LogP contribution in [-0.2, 0) is 19.1 Å². The van der Waals surface area contributed by atoms with Gasteiger partial charge in [-0.25, -0.2) is 0 Å². The van der Waals surface area contributed by atoms with E-state index < -0.39 is 17.4 Å². The first-order valence-corrected chi connectivity index (χ1v) is 9.79. The summed E-state index contributed by atoms with van der Waals surface area (Å²) in [6.45, 7) is 10.8. The summed E-state index contributed by atoms with van der Waals surface area (Å²) in [4.78, 5) is 24.9. The zero-order chi connectivity index (χ0) is 18.4. The number of carbonyl (C=O) groups excluding carboxylic acids is 2. The van der Waals surface area contributed by atoms with E-state index in [1.807, 2.05) is 13.8 Å². The van der Waals surface area contributed by atoms with Crippen molar-refractivity contribution in [3.05, 3.63) is 0 Å². The fourth-order valence-corrected chi connectivity index (χ4v) is 2.62. The molecule has 0 radical (unpaired) electrons. The van der Waals surface area contributed by atoms with Crippen LogP contribution < -0.4 is 0 Å². The Kier molecular flexibility index (Phi) is 12.7. The number of hydrogen-bond acceptors (Lipinski definition) is 4. The van der Waals surface area contributed by atoms with E-state index >= 15 is 0 Å². The monoisotopic (exact) mass is 342 g/mol. The van der Waals surface area contributed by atoms with Crippen LogP contribution in [0.2, 0.25) is 0 Å². The first-order valence-electron chi connectivity index (χ1n) is 9.79. The maximum atomic E-state index is 12.5. The Balaban J connectivity index is 4.34. The van der Waals surface area contributed by atoms with E-state index in [9.17, 15) is 9.59 Å². The standard InChI is InChI=1S/C20H38O4/c1-6-9-10-11-12-13-15-23-18(21)20(7-2,8-3)19(22)24-16-14-17(4)5/h17H,6-16H2,1-5H3. The van der Waals surface area contributed by atoms with E-state index in [1.54, 1.807) is 0 Å². The molecule has 0 aromatic carbocycles. The van der Waals surface area contributed by atoms with Gasteiger partial charge in [0.2, 0.25) is 0 Å². The molecule has 0 heterocycles. The van der Waals surface area contributed by atoms with Gasteiger partial charge in [0, 0.05) is 0 Å². The minimum absolute atomic E-state index is 0.364. The Labute approximate surface area is 148 Å². The molecule has 0 saturated heterocycles. The average molecular weight is 343 g/mol. The van der Waals surface area contributed by atoms with Crippen LogP contribution in [0, 0.1) is 11.3 Å². The predicted molar refractivity (Wildman–Crippen MR) is 97.8 cm³/mol. The van der Waals surface area contributed by atoms with Crippen molar-refractivity contribution < 1.29 is 19.1 Å². The molecular formula is C20H38O4. The lowest BCUT2D eigenvalue weighted by atomic mass is 9.82. The topological polar surface area (TPSA) is 52.6 Å². The smallest absolute Gasteiger partial charge is 0.323 e. The van der Waals surface area contributed by atoms with Crippen LogP contribution in [0.5, 0.6) is 0 Å². The first kappa shape index (κ1) is 22.9. The quantitative estimate of drug-likeness (QED) is 0.245. The number of ether oxygens (including phenoxy) is 2. The minimum Gasteiger partial charge on any atom is -0.465 e. The third-order valence-electron chi connectivity index (χ3n) is 4.65. The Bertz CT molecular complexity index is 346. The summed E-state index contributed by atoms with van der Waals surface area (Å²) in [5.74, 6) is -0.383. The summed E-state index contributed by atoms with van der Waals surface area (Å²) in [5, 5.41) is 0. The molecule has 4 heteroatoms. The maximum Gasteiger partial charge on any atom is 0.323 e. The van der Waals surface area contributed by atoms with E-state index in [-0.39, 0.29) is 0 Å². The lowest BCUT2D eigenvalue weighted by molar-refractivity contribution is -0.173. The first-order chi connectivity index (χ1) is 11.4. The molecule has 0 amide bonds. The molecule has 0 spiro atoms. The van der Waals surface area contributed by atoms with Crippen LogP contribution in [0.15, 0.2) is 0 Å². The molecule has 0 fully saturated rings. The highest BCUT2D eigenvalue weighted by atomic mass is 16.6. The number of carbonyl (C=O) groups is 2. The van der Waals surface area contributed by atoms with Gasteiger partial charge in [0.1, 0.15) is 0 Å².